The van der Waals surface area contributed by atoms with Gasteiger partial charge in [0.25, 0.3) is 11.6 Å². The topological polar surface area (TPSA) is 126 Å². The summed E-state index contributed by atoms with van der Waals surface area (Å²) < 4.78 is 5.58. The molecule has 1 aromatic carbocycles. The average molecular weight is 590 g/mol. The van der Waals surface area contributed by atoms with Crippen molar-refractivity contribution in [2.24, 2.45) is 34.2 Å². The third-order valence-corrected chi connectivity index (χ3v) is 10.2. The van der Waals surface area contributed by atoms with Crippen LogP contribution in [0.25, 0.3) is 6.08 Å². The van der Waals surface area contributed by atoms with Gasteiger partial charge < -0.3 is 15.0 Å². The number of nitrogens with zero attached hydrogens (tertiary/aromatic N) is 3. The number of nitro groups is 1. The largest absolute Gasteiger partial charge is 0.378 e. The van der Waals surface area contributed by atoms with Crippen LogP contribution in [-0.2, 0) is 14.3 Å². The maximum Gasteiger partial charge on any atom is 0.270 e. The number of hydrazone groups is 1. The minimum Gasteiger partial charge on any atom is -0.378 e. The number of carbonyl (C=O) groups is 2. The third-order valence-electron chi connectivity index (χ3n) is 10.2. The molecule has 2 N–H and O–H groups in total. The van der Waals surface area contributed by atoms with Gasteiger partial charge in [0.1, 0.15) is 6.04 Å². The molecule has 4 saturated carbocycles. The molecule has 5 aliphatic carbocycles. The van der Waals surface area contributed by atoms with Gasteiger partial charge in [-0.1, -0.05) is 26.0 Å². The fourth-order valence-corrected chi connectivity index (χ4v) is 8.56. The first-order chi connectivity index (χ1) is 20.7. The second-order valence-electron chi connectivity index (χ2n) is 13.6. The standard InChI is InChI=1S/C33H43N5O5/c1-21(2)29(35-32(40)33-17-23-12-24(18-33)14-25(13-23)19-33)31(39)36-34-20-27-7-6-26(30(27)37-8-10-43-11-9-37)15-22-4-3-5-28(16-22)38(41)42/h3-5,15-16,20-21,23-25,29H,6-14,17-19H2,1-2H3,(H,35,40)(H,36,39). The highest BCUT2D eigenvalue weighted by atomic mass is 16.6. The smallest absolute Gasteiger partial charge is 0.270 e. The van der Waals surface area contributed by atoms with Crippen LogP contribution in [0.1, 0.15) is 70.8 Å². The number of nitrogens with one attached hydrogen (secondary N) is 2. The maximum atomic E-state index is 13.7. The number of ether oxygens (including phenoxy) is 1. The first kappa shape index (κ1) is 29.5. The number of allylic oxidation sites excluding steroid dienone is 2. The summed E-state index contributed by atoms with van der Waals surface area (Å²) in [5.74, 6) is 1.64. The van der Waals surface area contributed by atoms with Crippen molar-refractivity contribution in [3.8, 4) is 0 Å². The normalized spacial score (nSPS) is 30.0. The zero-order valence-electron chi connectivity index (χ0n) is 25.2. The van der Waals surface area contributed by atoms with E-state index in [1.807, 2.05) is 26.0 Å². The van der Waals surface area contributed by atoms with Gasteiger partial charge in [-0.15, -0.1) is 0 Å². The summed E-state index contributed by atoms with van der Waals surface area (Å²) >= 11 is 0. The Kier molecular flexibility index (Phi) is 8.40. The Morgan fingerprint density at radius 2 is 1.77 bits per heavy atom. The summed E-state index contributed by atoms with van der Waals surface area (Å²) in [6, 6.07) is 5.99. The Morgan fingerprint density at radius 1 is 1.09 bits per heavy atom. The van der Waals surface area contributed by atoms with E-state index in [0.29, 0.717) is 31.0 Å². The van der Waals surface area contributed by atoms with E-state index < -0.39 is 6.04 Å². The molecular weight excluding hydrogens is 546 g/mol. The molecule has 10 heteroatoms. The molecule has 43 heavy (non-hydrogen) atoms. The number of nitro benzene ring substituents is 1. The molecule has 230 valence electrons. The molecule has 4 bridgehead atoms. The quantitative estimate of drug-likeness (QED) is 0.242. The van der Waals surface area contributed by atoms with E-state index in [9.17, 15) is 19.7 Å². The van der Waals surface area contributed by atoms with E-state index in [1.165, 1.54) is 25.3 Å². The predicted octanol–water partition coefficient (Wildman–Crippen LogP) is 4.82. The van der Waals surface area contributed by atoms with Crippen molar-refractivity contribution in [1.82, 2.24) is 15.6 Å². The van der Waals surface area contributed by atoms with Crippen molar-refractivity contribution in [1.29, 1.82) is 0 Å². The summed E-state index contributed by atoms with van der Waals surface area (Å²) in [6.07, 6.45) is 11.9. The van der Waals surface area contributed by atoms with Crippen LogP contribution in [0.4, 0.5) is 5.69 Å². The van der Waals surface area contributed by atoms with Gasteiger partial charge in [0, 0.05) is 36.3 Å². The molecule has 1 aromatic rings. The highest BCUT2D eigenvalue weighted by Gasteiger charge is 2.55. The van der Waals surface area contributed by atoms with E-state index in [0.717, 1.165) is 67.6 Å². The highest BCUT2D eigenvalue weighted by Crippen LogP contribution is 2.60. The fourth-order valence-electron chi connectivity index (χ4n) is 8.56. The molecule has 6 aliphatic rings. The number of amides is 2. The zero-order chi connectivity index (χ0) is 30.1. The summed E-state index contributed by atoms with van der Waals surface area (Å²) in [5, 5.41) is 18.8. The van der Waals surface area contributed by atoms with Crippen LogP contribution in [0.5, 0.6) is 0 Å². The molecule has 0 aromatic heterocycles. The van der Waals surface area contributed by atoms with Crippen LogP contribution in [0.3, 0.4) is 0 Å². The highest BCUT2D eigenvalue weighted by molar-refractivity contribution is 5.91. The van der Waals surface area contributed by atoms with E-state index >= 15 is 0 Å². The van der Waals surface area contributed by atoms with Crippen LogP contribution >= 0.6 is 0 Å². The minimum absolute atomic E-state index is 0.0495. The molecule has 1 heterocycles. The van der Waals surface area contributed by atoms with E-state index in [2.05, 4.69) is 20.7 Å². The number of hydrogen-bond acceptors (Lipinski definition) is 7. The van der Waals surface area contributed by atoms with Crippen LogP contribution in [0.2, 0.25) is 0 Å². The molecule has 1 saturated heterocycles. The molecule has 10 nitrogen and oxygen atoms in total. The number of non-ortho nitro benzene ring substituents is 1. The lowest BCUT2D eigenvalue weighted by molar-refractivity contribution is -0.384. The number of carbonyl (C=O) groups excluding carboxylic acids is 2. The Bertz CT molecular complexity index is 1320. The molecule has 1 unspecified atom stereocenters. The maximum absolute atomic E-state index is 13.7. The number of hydrogen-bond donors (Lipinski definition) is 2. The van der Waals surface area contributed by atoms with Crippen molar-refractivity contribution in [2.45, 2.75) is 71.3 Å². The van der Waals surface area contributed by atoms with Crippen molar-refractivity contribution in [3.05, 3.63) is 56.8 Å². The SMILES string of the molecule is CC(C)C(NC(=O)C12CC3CC(CC(C3)C1)C2)C(=O)NN=CC1=C(N2CCOCC2)C(=Cc2cccc([N+](=O)[O-])c2)CC1. The monoisotopic (exact) mass is 589 g/mol. The van der Waals surface area contributed by atoms with Gasteiger partial charge in [-0.2, -0.15) is 5.10 Å². The van der Waals surface area contributed by atoms with Crippen molar-refractivity contribution in [3.63, 3.8) is 0 Å². The van der Waals surface area contributed by atoms with E-state index in [-0.39, 0.29) is 33.8 Å². The molecule has 0 radical (unpaired) electrons. The Morgan fingerprint density at radius 3 is 2.40 bits per heavy atom. The molecular formula is C33H43N5O5. The minimum atomic E-state index is -0.654. The van der Waals surface area contributed by atoms with Gasteiger partial charge in [-0.25, -0.2) is 5.43 Å². The van der Waals surface area contributed by atoms with Gasteiger partial charge >= 0.3 is 0 Å². The first-order valence-corrected chi connectivity index (χ1v) is 15.9. The summed E-state index contributed by atoms with van der Waals surface area (Å²) in [6.45, 7) is 6.61. The Balaban J connectivity index is 1.17. The van der Waals surface area contributed by atoms with Crippen molar-refractivity contribution < 1.29 is 19.2 Å². The molecule has 0 spiro atoms. The van der Waals surface area contributed by atoms with E-state index in [4.69, 9.17) is 4.74 Å². The van der Waals surface area contributed by atoms with Crippen molar-refractivity contribution in [2.75, 3.05) is 26.3 Å². The van der Waals surface area contributed by atoms with Crippen LogP contribution in [0, 0.1) is 39.2 Å². The second kappa shape index (κ2) is 12.2. The number of benzene rings is 1. The Hall–Kier alpha value is -3.53. The first-order valence-electron chi connectivity index (χ1n) is 15.9. The summed E-state index contributed by atoms with van der Waals surface area (Å²) in [7, 11) is 0. The second-order valence-corrected chi connectivity index (χ2v) is 13.6. The van der Waals surface area contributed by atoms with Crippen LogP contribution in [0.15, 0.2) is 46.2 Å². The van der Waals surface area contributed by atoms with Gasteiger partial charge in [-0.05, 0) is 97.8 Å². The third kappa shape index (κ3) is 6.25. The lowest BCUT2D eigenvalue weighted by Gasteiger charge is -2.55. The molecule has 1 aliphatic heterocycles. The lowest BCUT2D eigenvalue weighted by Crippen LogP contribution is -2.58. The molecule has 2 amide bonds. The van der Waals surface area contributed by atoms with Crippen LogP contribution < -0.4 is 10.7 Å². The zero-order valence-corrected chi connectivity index (χ0v) is 25.2. The Labute approximate surface area is 253 Å². The van der Waals surface area contributed by atoms with Gasteiger partial charge in [0.15, 0.2) is 0 Å². The summed E-state index contributed by atoms with van der Waals surface area (Å²) in [4.78, 5) is 40.2. The average Bonchev–Trinajstić information content (AvgIpc) is 3.37. The van der Waals surface area contributed by atoms with Crippen LogP contribution in [-0.4, -0.2) is 60.2 Å². The molecule has 1 atom stereocenters. The predicted molar refractivity (Wildman–Crippen MR) is 164 cm³/mol. The fraction of sp³-hybridized carbons (Fsp3) is 0.606. The van der Waals surface area contributed by atoms with Gasteiger partial charge in [0.2, 0.25) is 5.91 Å². The number of morpholine rings is 1. The van der Waals surface area contributed by atoms with Gasteiger partial charge in [-0.3, -0.25) is 19.7 Å². The van der Waals surface area contributed by atoms with E-state index in [1.54, 1.807) is 18.3 Å². The summed E-state index contributed by atoms with van der Waals surface area (Å²) in [5.41, 5.74) is 6.37. The van der Waals surface area contributed by atoms with Gasteiger partial charge in [0.05, 0.1) is 24.4 Å². The molecule has 7 rings (SSSR count). The molecule has 5 fully saturated rings. The van der Waals surface area contributed by atoms with Crippen molar-refractivity contribution >= 4 is 29.8 Å². The number of rotatable bonds is 9. The lowest BCUT2D eigenvalue weighted by atomic mass is 9.49.